The monoisotopic (exact) mass is 340 g/mol. The molecule has 1 aromatic heterocycles. The van der Waals surface area contributed by atoms with E-state index >= 15 is 0 Å². The molecule has 0 unspecified atom stereocenters. The second kappa shape index (κ2) is 5.90. The maximum atomic E-state index is 12.2. The van der Waals surface area contributed by atoms with Crippen molar-refractivity contribution < 1.29 is 21.9 Å². The van der Waals surface area contributed by atoms with Crippen molar-refractivity contribution in [1.29, 1.82) is 0 Å². The first kappa shape index (κ1) is 14.9. The maximum absolute atomic E-state index is 12.2. The number of alkyl halides is 2. The van der Waals surface area contributed by atoms with Crippen LogP contribution in [0.15, 0.2) is 34.7 Å². The van der Waals surface area contributed by atoms with Crippen LogP contribution in [0.3, 0.4) is 0 Å². The van der Waals surface area contributed by atoms with Gasteiger partial charge in [0.05, 0.1) is 11.9 Å². The van der Waals surface area contributed by atoms with Gasteiger partial charge in [-0.1, -0.05) is 35.1 Å². The van der Waals surface area contributed by atoms with Gasteiger partial charge in [-0.2, -0.15) is 8.78 Å². The van der Waals surface area contributed by atoms with E-state index < -0.39 is 16.6 Å². The zero-order chi connectivity index (χ0) is 14.8. The molecule has 0 saturated heterocycles. The molecule has 10 heteroatoms. The van der Waals surface area contributed by atoms with Crippen LogP contribution in [-0.2, 0) is 10.0 Å². The summed E-state index contributed by atoms with van der Waals surface area (Å²) in [5.41, 5.74) is -0.0997. The molecule has 0 aliphatic heterocycles. The number of ether oxygens (including phenoxy) is 1. The Morgan fingerprint density at radius 1 is 1.35 bits per heavy atom. The van der Waals surface area contributed by atoms with Crippen molar-refractivity contribution in [2.45, 2.75) is 10.8 Å². The van der Waals surface area contributed by atoms with Crippen molar-refractivity contribution in [2.75, 3.05) is 4.72 Å². The summed E-state index contributed by atoms with van der Waals surface area (Å²) in [5, 5.41) is 0. The molecular formula is C10H7ClF2N2O3S2. The van der Waals surface area contributed by atoms with Crippen LogP contribution in [0.4, 0.5) is 14.5 Å². The zero-order valence-electron chi connectivity index (χ0n) is 9.59. The first-order chi connectivity index (χ1) is 9.38. The van der Waals surface area contributed by atoms with Crippen LogP contribution in [0, 0.1) is 0 Å². The van der Waals surface area contributed by atoms with Crippen molar-refractivity contribution >= 4 is 38.6 Å². The number of aromatic nitrogens is 1. The fraction of sp³-hybridized carbons (Fsp3) is 0.100. The van der Waals surface area contributed by atoms with E-state index in [1.807, 2.05) is 0 Å². The summed E-state index contributed by atoms with van der Waals surface area (Å²) in [6.07, 6.45) is 1.08. The van der Waals surface area contributed by atoms with Gasteiger partial charge in [-0.25, -0.2) is 13.4 Å². The van der Waals surface area contributed by atoms with E-state index in [2.05, 4.69) is 14.4 Å². The Hall–Kier alpha value is -1.45. The van der Waals surface area contributed by atoms with Crippen LogP contribution in [0.25, 0.3) is 0 Å². The number of hydrogen-bond acceptors (Lipinski definition) is 5. The second-order valence-corrected chi connectivity index (χ2v) is 6.93. The first-order valence-corrected chi connectivity index (χ1v) is 7.74. The number of hydrogen-bond donors (Lipinski definition) is 1. The molecule has 1 N–H and O–H groups in total. The highest BCUT2D eigenvalue weighted by Crippen LogP contribution is 2.30. The molecule has 108 valence electrons. The van der Waals surface area contributed by atoms with Gasteiger partial charge in [-0.3, -0.25) is 4.72 Å². The van der Waals surface area contributed by atoms with Crippen molar-refractivity contribution in [2.24, 2.45) is 0 Å². The Balaban J connectivity index is 2.30. The Kier molecular flexibility index (Phi) is 4.41. The second-order valence-electron chi connectivity index (χ2n) is 3.41. The Bertz CT molecular complexity index is 706. The third-order valence-corrected chi connectivity index (χ3v) is 5.01. The van der Waals surface area contributed by atoms with Gasteiger partial charge in [-0.05, 0) is 12.1 Å². The van der Waals surface area contributed by atoms with Crippen molar-refractivity contribution in [3.63, 3.8) is 0 Å². The highest BCUT2D eigenvalue weighted by atomic mass is 35.5. The molecule has 5 nitrogen and oxygen atoms in total. The topological polar surface area (TPSA) is 68.3 Å². The minimum absolute atomic E-state index is 0.0579. The molecule has 0 amide bonds. The van der Waals surface area contributed by atoms with Gasteiger partial charge in [0, 0.05) is 0 Å². The Labute approximate surface area is 122 Å². The predicted octanol–water partition coefficient (Wildman–Crippen LogP) is 3.20. The van der Waals surface area contributed by atoms with Gasteiger partial charge in [0.25, 0.3) is 10.0 Å². The summed E-state index contributed by atoms with van der Waals surface area (Å²) < 4.78 is 54.8. The van der Waals surface area contributed by atoms with Crippen molar-refractivity contribution in [1.82, 2.24) is 4.98 Å². The lowest BCUT2D eigenvalue weighted by Crippen LogP contribution is -2.13. The number of rotatable bonds is 5. The van der Waals surface area contributed by atoms with Crippen LogP contribution in [0.1, 0.15) is 0 Å². The molecule has 0 atom stereocenters. The number of para-hydroxylation sites is 2. The molecule has 1 heterocycles. The minimum Gasteiger partial charge on any atom is -0.433 e. The van der Waals surface area contributed by atoms with Gasteiger partial charge >= 0.3 is 6.61 Å². The van der Waals surface area contributed by atoms with Crippen molar-refractivity contribution in [3.8, 4) is 5.75 Å². The minimum atomic E-state index is -3.95. The molecule has 0 aliphatic rings. The Morgan fingerprint density at radius 3 is 2.65 bits per heavy atom. The van der Waals surface area contributed by atoms with Crippen LogP contribution in [-0.4, -0.2) is 20.0 Å². The van der Waals surface area contributed by atoms with Crippen LogP contribution in [0.2, 0.25) is 4.47 Å². The molecule has 20 heavy (non-hydrogen) atoms. The van der Waals surface area contributed by atoms with Crippen LogP contribution >= 0.6 is 22.9 Å². The lowest BCUT2D eigenvalue weighted by molar-refractivity contribution is -0.0493. The smallest absolute Gasteiger partial charge is 0.387 e. The van der Waals surface area contributed by atoms with Crippen LogP contribution < -0.4 is 9.46 Å². The van der Waals surface area contributed by atoms with Gasteiger partial charge in [0.1, 0.15) is 5.75 Å². The molecule has 0 saturated carbocycles. The molecule has 0 aliphatic carbocycles. The number of nitrogens with zero attached hydrogens (tertiary/aromatic N) is 1. The van der Waals surface area contributed by atoms with E-state index in [0.29, 0.717) is 0 Å². The van der Waals surface area contributed by atoms with E-state index in [0.717, 1.165) is 17.5 Å². The first-order valence-electron chi connectivity index (χ1n) is 5.06. The summed E-state index contributed by atoms with van der Waals surface area (Å²) in [6, 6.07) is 5.45. The van der Waals surface area contributed by atoms with Gasteiger partial charge in [0.2, 0.25) is 0 Å². The number of thiazole rings is 1. The number of anilines is 1. The molecule has 0 radical (unpaired) electrons. The summed E-state index contributed by atoms with van der Waals surface area (Å²) in [4.78, 5) is 3.61. The molecule has 1 aromatic carbocycles. The average Bonchev–Trinajstić information content (AvgIpc) is 2.78. The predicted molar refractivity (Wildman–Crippen MR) is 71.0 cm³/mol. The van der Waals surface area contributed by atoms with Crippen molar-refractivity contribution in [3.05, 3.63) is 34.9 Å². The number of sulfonamides is 1. The summed E-state index contributed by atoms with van der Waals surface area (Å²) in [5.74, 6) is -0.276. The molecule has 0 fully saturated rings. The number of nitrogens with one attached hydrogen (secondary N) is 1. The summed E-state index contributed by atoms with van der Waals surface area (Å²) >= 11 is 6.31. The number of benzene rings is 1. The zero-order valence-corrected chi connectivity index (χ0v) is 12.0. The molecule has 0 bridgehead atoms. The Morgan fingerprint density at radius 2 is 2.05 bits per heavy atom. The van der Waals surface area contributed by atoms with E-state index in [1.54, 1.807) is 0 Å². The van der Waals surface area contributed by atoms with E-state index in [9.17, 15) is 17.2 Å². The lowest BCUT2D eigenvalue weighted by atomic mass is 10.3. The summed E-state index contributed by atoms with van der Waals surface area (Å²) in [6.45, 7) is -3.06. The largest absolute Gasteiger partial charge is 0.433 e. The molecular weight excluding hydrogens is 334 g/mol. The quantitative estimate of drug-likeness (QED) is 0.907. The fourth-order valence-corrected chi connectivity index (χ4v) is 3.67. The third kappa shape index (κ3) is 3.56. The highest BCUT2D eigenvalue weighted by Gasteiger charge is 2.20. The molecule has 2 rings (SSSR count). The normalized spacial score (nSPS) is 11.6. The SMILES string of the molecule is O=S(=O)(Nc1ccccc1OC(F)F)c1cnc(Cl)s1. The van der Waals surface area contributed by atoms with Crippen LogP contribution in [0.5, 0.6) is 5.75 Å². The van der Waals surface area contributed by atoms with E-state index in [-0.39, 0.29) is 20.1 Å². The van der Waals surface area contributed by atoms with E-state index in [1.165, 1.54) is 24.3 Å². The van der Waals surface area contributed by atoms with Gasteiger partial charge in [0.15, 0.2) is 8.68 Å². The standard InChI is InChI=1S/C10H7ClF2N2O3S2/c11-9-14-5-8(19-9)20(16,17)15-6-3-1-2-4-7(6)18-10(12)13/h1-5,10,15H. The lowest BCUT2D eigenvalue weighted by Gasteiger charge is -2.11. The number of halogens is 3. The third-order valence-electron chi connectivity index (χ3n) is 2.07. The molecule has 0 spiro atoms. The van der Waals surface area contributed by atoms with Gasteiger partial charge < -0.3 is 4.74 Å². The summed E-state index contributed by atoms with van der Waals surface area (Å²) in [7, 11) is -3.95. The van der Waals surface area contributed by atoms with Gasteiger partial charge in [-0.15, -0.1) is 0 Å². The molecule has 2 aromatic rings. The maximum Gasteiger partial charge on any atom is 0.387 e. The van der Waals surface area contributed by atoms with E-state index in [4.69, 9.17) is 11.6 Å². The fourth-order valence-electron chi connectivity index (χ4n) is 1.31. The average molecular weight is 341 g/mol. The highest BCUT2D eigenvalue weighted by molar-refractivity contribution is 7.94.